The average molecular weight is 337 g/mol. The number of hydrogen-bond acceptors (Lipinski definition) is 2. The van der Waals surface area contributed by atoms with Gasteiger partial charge in [-0.1, -0.05) is 24.3 Å². The molecule has 4 heteroatoms. The molecule has 3 aromatic rings. The lowest BCUT2D eigenvalue weighted by molar-refractivity contribution is -0.908. The van der Waals surface area contributed by atoms with Crippen molar-refractivity contribution in [3.05, 3.63) is 58.8 Å². The number of nitrogens with zero attached hydrogens (tertiary/aromatic N) is 1. The van der Waals surface area contributed by atoms with Crippen LogP contribution in [0.1, 0.15) is 19.3 Å². The van der Waals surface area contributed by atoms with Crippen LogP contribution < -0.4 is 10.3 Å². The van der Waals surface area contributed by atoms with E-state index in [0.29, 0.717) is 6.54 Å². The number of benzene rings is 2. The molecule has 1 fully saturated rings. The molecule has 4 rings (SSSR count). The lowest BCUT2D eigenvalue weighted by Crippen LogP contribution is -3.13. The van der Waals surface area contributed by atoms with Gasteiger partial charge < -0.3 is 14.6 Å². The molecule has 130 valence electrons. The molecule has 1 atom stereocenters. The van der Waals surface area contributed by atoms with Gasteiger partial charge in [0, 0.05) is 10.8 Å². The molecule has 4 nitrogen and oxygen atoms in total. The van der Waals surface area contributed by atoms with Crippen molar-refractivity contribution in [2.24, 2.45) is 0 Å². The Morgan fingerprint density at radius 3 is 2.08 bits per heavy atom. The summed E-state index contributed by atoms with van der Waals surface area (Å²) in [4.78, 5) is 14.3. The molecule has 0 radical (unpaired) electrons. The molecule has 0 unspecified atom stereocenters. The summed E-state index contributed by atoms with van der Waals surface area (Å²) < 4.78 is 2.11. The van der Waals surface area contributed by atoms with Crippen LogP contribution in [0.5, 0.6) is 0 Å². The van der Waals surface area contributed by atoms with E-state index in [1.807, 2.05) is 48.5 Å². The smallest absolute Gasteiger partial charge is 0.197 e. The number of quaternary nitrogens is 1. The van der Waals surface area contributed by atoms with Crippen molar-refractivity contribution in [1.82, 2.24) is 4.57 Å². The van der Waals surface area contributed by atoms with Crippen LogP contribution in [0.25, 0.3) is 21.8 Å². The highest BCUT2D eigenvalue weighted by atomic mass is 16.3. The summed E-state index contributed by atoms with van der Waals surface area (Å²) in [5, 5.41) is 12.2. The van der Waals surface area contributed by atoms with Gasteiger partial charge in [0.2, 0.25) is 0 Å². The summed E-state index contributed by atoms with van der Waals surface area (Å²) in [5.41, 5.74) is 1.87. The van der Waals surface area contributed by atoms with Crippen LogP contribution in [-0.2, 0) is 6.54 Å². The monoisotopic (exact) mass is 337 g/mol. The molecule has 2 heterocycles. The molecule has 1 aromatic heterocycles. The van der Waals surface area contributed by atoms with E-state index in [2.05, 4.69) is 4.57 Å². The Morgan fingerprint density at radius 2 is 1.48 bits per heavy atom. The number of pyridine rings is 1. The molecule has 2 aromatic carbocycles. The summed E-state index contributed by atoms with van der Waals surface area (Å²) in [6.07, 6.45) is 3.41. The zero-order chi connectivity index (χ0) is 17.2. The Hall–Kier alpha value is -2.17. The third-order valence-corrected chi connectivity index (χ3v) is 5.36. The van der Waals surface area contributed by atoms with Gasteiger partial charge in [-0.25, -0.2) is 0 Å². The van der Waals surface area contributed by atoms with Crippen LogP contribution in [0.15, 0.2) is 53.3 Å². The Bertz CT molecular complexity index is 881. The predicted molar refractivity (Wildman–Crippen MR) is 101 cm³/mol. The highest BCUT2D eigenvalue weighted by Gasteiger charge is 2.19. The quantitative estimate of drug-likeness (QED) is 0.710. The van der Waals surface area contributed by atoms with Gasteiger partial charge in [-0.2, -0.15) is 0 Å². The molecule has 2 N–H and O–H groups in total. The molecule has 0 bridgehead atoms. The minimum absolute atomic E-state index is 0.0681. The third kappa shape index (κ3) is 3.20. The highest BCUT2D eigenvalue weighted by molar-refractivity contribution is 5.93. The van der Waals surface area contributed by atoms with Crippen LogP contribution in [0.2, 0.25) is 0 Å². The number of fused-ring (bicyclic) bond motifs is 2. The van der Waals surface area contributed by atoms with Gasteiger partial charge in [0.25, 0.3) is 0 Å². The number of aliphatic hydroxyl groups is 1. The lowest BCUT2D eigenvalue weighted by atomic mass is 10.1. The fraction of sp³-hybridized carbons (Fsp3) is 0.381. The lowest BCUT2D eigenvalue weighted by Gasteiger charge is -2.26. The third-order valence-electron chi connectivity index (χ3n) is 5.36. The molecule has 1 aliphatic heterocycles. The second-order valence-electron chi connectivity index (χ2n) is 7.14. The van der Waals surface area contributed by atoms with Gasteiger partial charge in [-0.05, 0) is 43.5 Å². The first-order chi connectivity index (χ1) is 12.2. The van der Waals surface area contributed by atoms with Crippen LogP contribution in [-0.4, -0.2) is 35.4 Å². The fourth-order valence-electron chi connectivity index (χ4n) is 4.14. The van der Waals surface area contributed by atoms with E-state index < -0.39 is 6.10 Å². The number of para-hydroxylation sites is 2. The van der Waals surface area contributed by atoms with E-state index in [1.165, 1.54) is 24.2 Å². The number of likely N-dealkylation sites (tertiary alicyclic amines) is 1. The van der Waals surface area contributed by atoms with E-state index in [4.69, 9.17) is 0 Å². The fourth-order valence-corrected chi connectivity index (χ4v) is 4.14. The Morgan fingerprint density at radius 1 is 0.920 bits per heavy atom. The van der Waals surface area contributed by atoms with Gasteiger partial charge in [0.15, 0.2) is 5.43 Å². The van der Waals surface area contributed by atoms with Gasteiger partial charge >= 0.3 is 0 Å². The second kappa shape index (κ2) is 6.98. The SMILES string of the molecule is O=c1c2ccccc2n(C[C@@H](O)C[NH+]2CCCCC2)c2ccccc12. The van der Waals surface area contributed by atoms with Gasteiger partial charge in [-0.15, -0.1) is 0 Å². The molecule has 0 spiro atoms. The van der Waals surface area contributed by atoms with E-state index in [0.717, 1.165) is 41.4 Å². The minimum Gasteiger partial charge on any atom is -0.385 e. The number of aromatic nitrogens is 1. The summed E-state index contributed by atoms with van der Waals surface area (Å²) in [6, 6.07) is 15.4. The maximum Gasteiger partial charge on any atom is 0.197 e. The van der Waals surface area contributed by atoms with E-state index in [1.54, 1.807) is 0 Å². The first kappa shape index (κ1) is 16.3. The van der Waals surface area contributed by atoms with Crippen LogP contribution in [0, 0.1) is 0 Å². The molecule has 0 saturated carbocycles. The maximum atomic E-state index is 12.8. The second-order valence-corrected chi connectivity index (χ2v) is 7.14. The summed E-state index contributed by atoms with van der Waals surface area (Å²) in [7, 11) is 0. The van der Waals surface area contributed by atoms with Crippen LogP contribution in [0.4, 0.5) is 0 Å². The molecule has 0 amide bonds. The zero-order valence-corrected chi connectivity index (χ0v) is 14.4. The van der Waals surface area contributed by atoms with Crippen molar-refractivity contribution >= 4 is 21.8 Å². The van der Waals surface area contributed by atoms with Crippen molar-refractivity contribution in [2.75, 3.05) is 19.6 Å². The van der Waals surface area contributed by atoms with E-state index in [-0.39, 0.29) is 5.43 Å². The predicted octanol–water partition coefficient (Wildman–Crippen LogP) is 1.58. The molecular weight excluding hydrogens is 312 g/mol. The maximum absolute atomic E-state index is 12.8. The van der Waals surface area contributed by atoms with Gasteiger partial charge in [0.1, 0.15) is 12.6 Å². The largest absolute Gasteiger partial charge is 0.385 e. The number of piperidine rings is 1. The number of nitrogens with one attached hydrogen (secondary N) is 1. The van der Waals surface area contributed by atoms with Crippen molar-refractivity contribution in [3.63, 3.8) is 0 Å². The van der Waals surface area contributed by atoms with Crippen molar-refractivity contribution in [2.45, 2.75) is 31.9 Å². The molecule has 1 aliphatic rings. The Kier molecular flexibility index (Phi) is 4.55. The Balaban J connectivity index is 1.74. The highest BCUT2D eigenvalue weighted by Crippen LogP contribution is 2.19. The van der Waals surface area contributed by atoms with Crippen LogP contribution >= 0.6 is 0 Å². The number of rotatable bonds is 4. The van der Waals surface area contributed by atoms with E-state index >= 15 is 0 Å². The summed E-state index contributed by atoms with van der Waals surface area (Å²) in [6.45, 7) is 3.60. The van der Waals surface area contributed by atoms with Crippen molar-refractivity contribution in [1.29, 1.82) is 0 Å². The molecule has 0 aliphatic carbocycles. The Labute approximate surface area is 147 Å². The topological polar surface area (TPSA) is 46.7 Å². The molecule has 1 saturated heterocycles. The van der Waals surface area contributed by atoms with Crippen molar-refractivity contribution < 1.29 is 10.0 Å². The summed E-state index contributed by atoms with van der Waals surface area (Å²) >= 11 is 0. The van der Waals surface area contributed by atoms with Crippen molar-refractivity contribution in [3.8, 4) is 0 Å². The standard InChI is InChI=1S/C21H24N2O2/c24-16(14-22-12-6-1-7-13-22)15-23-19-10-4-2-8-17(19)21(25)18-9-3-5-11-20(18)23/h2-5,8-11,16,24H,1,6-7,12-15H2/p+1/t16-/m0/s1. The van der Waals surface area contributed by atoms with E-state index in [9.17, 15) is 9.90 Å². The van der Waals surface area contributed by atoms with Gasteiger partial charge in [0.05, 0.1) is 30.7 Å². The molecule has 25 heavy (non-hydrogen) atoms. The first-order valence-electron chi connectivity index (χ1n) is 9.26. The normalized spacial score (nSPS) is 17.2. The minimum atomic E-state index is -0.414. The molecular formula is C21H25N2O2+. The van der Waals surface area contributed by atoms with Gasteiger partial charge in [-0.3, -0.25) is 4.79 Å². The number of hydrogen-bond donors (Lipinski definition) is 2. The van der Waals surface area contributed by atoms with Crippen LogP contribution in [0.3, 0.4) is 0 Å². The first-order valence-corrected chi connectivity index (χ1v) is 9.26. The summed E-state index contributed by atoms with van der Waals surface area (Å²) in [5.74, 6) is 0. The number of aliphatic hydroxyl groups excluding tert-OH is 1. The zero-order valence-electron chi connectivity index (χ0n) is 14.4. The average Bonchev–Trinajstić information content (AvgIpc) is 2.66.